The summed E-state index contributed by atoms with van der Waals surface area (Å²) in [5.74, 6) is 1.70. The highest BCUT2D eigenvalue weighted by Gasteiger charge is 2.24. The minimum absolute atomic E-state index is 0.316. The molecule has 0 amide bonds. The standard InChI is InChI=1S/C34H32ClN3O2/c1-23-30(21-38-17-15-37(16-18-38)20-24-9-14-31-32(19-24)40-22-39-31)33(34(36-23)26-10-12-27(35)13-11-26)29-8-4-6-25-5-2-3-7-28(25)29/h2-14,19,36H,15-18,20-22H2,1H3. The Hall–Kier alpha value is -3.77. The Morgan fingerprint density at radius 3 is 2.33 bits per heavy atom. The minimum atomic E-state index is 0.316. The third-order valence-corrected chi connectivity index (χ3v) is 8.45. The number of aromatic amines is 1. The number of piperazine rings is 1. The molecule has 1 N–H and O–H groups in total. The predicted molar refractivity (Wildman–Crippen MR) is 162 cm³/mol. The fourth-order valence-corrected chi connectivity index (χ4v) is 6.19. The van der Waals surface area contributed by atoms with Crippen LogP contribution in [0.4, 0.5) is 0 Å². The van der Waals surface area contributed by atoms with E-state index in [1.54, 1.807) is 0 Å². The summed E-state index contributed by atoms with van der Waals surface area (Å²) in [7, 11) is 0. The van der Waals surface area contributed by atoms with Crippen molar-refractivity contribution in [1.82, 2.24) is 14.8 Å². The van der Waals surface area contributed by atoms with E-state index in [9.17, 15) is 0 Å². The number of hydrogen-bond donors (Lipinski definition) is 1. The maximum absolute atomic E-state index is 6.25. The summed E-state index contributed by atoms with van der Waals surface area (Å²) in [4.78, 5) is 8.88. The van der Waals surface area contributed by atoms with E-state index in [-0.39, 0.29) is 0 Å². The molecular formula is C34H32ClN3O2. The average molecular weight is 550 g/mol. The second-order valence-electron chi connectivity index (χ2n) is 10.8. The first-order chi connectivity index (χ1) is 19.6. The van der Waals surface area contributed by atoms with Crippen molar-refractivity contribution in [2.75, 3.05) is 33.0 Å². The van der Waals surface area contributed by atoms with Crippen LogP contribution in [0.1, 0.15) is 16.8 Å². The first-order valence-corrected chi connectivity index (χ1v) is 14.3. The largest absolute Gasteiger partial charge is 0.454 e. The van der Waals surface area contributed by atoms with E-state index in [0.717, 1.165) is 67.0 Å². The van der Waals surface area contributed by atoms with Crippen LogP contribution in [-0.4, -0.2) is 47.8 Å². The molecule has 0 saturated carbocycles. The number of aryl methyl sites for hydroxylation is 1. The lowest BCUT2D eigenvalue weighted by molar-refractivity contribution is 0.122. The van der Waals surface area contributed by atoms with Crippen molar-refractivity contribution >= 4 is 22.4 Å². The SMILES string of the molecule is Cc1[nH]c(-c2ccc(Cl)cc2)c(-c2cccc3ccccc23)c1CN1CCN(Cc2ccc3c(c2)OCO3)CC1. The van der Waals surface area contributed by atoms with Crippen LogP contribution in [0.5, 0.6) is 11.5 Å². The second-order valence-corrected chi connectivity index (χ2v) is 11.2. The topological polar surface area (TPSA) is 40.7 Å². The van der Waals surface area contributed by atoms with Crippen molar-refractivity contribution in [2.45, 2.75) is 20.0 Å². The molecule has 0 atom stereocenters. The van der Waals surface area contributed by atoms with Crippen molar-refractivity contribution in [3.05, 3.63) is 107 Å². The van der Waals surface area contributed by atoms with Gasteiger partial charge in [-0.25, -0.2) is 0 Å². The van der Waals surface area contributed by atoms with E-state index in [1.807, 2.05) is 18.2 Å². The Labute approximate surface area is 239 Å². The highest BCUT2D eigenvalue weighted by molar-refractivity contribution is 6.30. The molecule has 0 bridgehead atoms. The van der Waals surface area contributed by atoms with Crippen LogP contribution >= 0.6 is 11.6 Å². The Bertz CT molecular complexity index is 1660. The molecule has 5 nitrogen and oxygen atoms in total. The lowest BCUT2D eigenvalue weighted by Crippen LogP contribution is -2.45. The van der Waals surface area contributed by atoms with Gasteiger partial charge in [-0.3, -0.25) is 9.80 Å². The molecule has 0 unspecified atom stereocenters. The summed E-state index contributed by atoms with van der Waals surface area (Å²) in [5, 5.41) is 3.27. The fourth-order valence-electron chi connectivity index (χ4n) is 6.06. The van der Waals surface area contributed by atoms with Gasteiger partial charge < -0.3 is 14.5 Å². The number of nitrogens with zero attached hydrogens (tertiary/aromatic N) is 2. The third-order valence-electron chi connectivity index (χ3n) is 8.20. The maximum atomic E-state index is 6.25. The van der Waals surface area contributed by atoms with Crippen molar-refractivity contribution in [3.8, 4) is 33.9 Å². The lowest BCUT2D eigenvalue weighted by Gasteiger charge is -2.35. The lowest BCUT2D eigenvalue weighted by atomic mass is 9.92. The number of fused-ring (bicyclic) bond motifs is 2. The van der Waals surface area contributed by atoms with Crippen LogP contribution < -0.4 is 9.47 Å². The molecule has 0 radical (unpaired) electrons. The first-order valence-electron chi connectivity index (χ1n) is 13.9. The zero-order valence-corrected chi connectivity index (χ0v) is 23.4. The predicted octanol–water partition coefficient (Wildman–Crippen LogP) is 7.51. The summed E-state index contributed by atoms with van der Waals surface area (Å²) in [6, 6.07) is 29.8. The Morgan fingerprint density at radius 2 is 1.50 bits per heavy atom. The Kier molecular flexibility index (Phi) is 6.72. The molecule has 3 heterocycles. The van der Waals surface area contributed by atoms with Crippen LogP contribution in [0, 0.1) is 6.92 Å². The molecule has 0 spiro atoms. The van der Waals surface area contributed by atoms with Crippen LogP contribution in [0.15, 0.2) is 84.9 Å². The van der Waals surface area contributed by atoms with Crippen molar-refractivity contribution in [3.63, 3.8) is 0 Å². The summed E-state index contributed by atoms with van der Waals surface area (Å²) in [5.41, 5.74) is 8.71. The van der Waals surface area contributed by atoms with Crippen molar-refractivity contribution in [2.24, 2.45) is 0 Å². The van der Waals surface area contributed by atoms with E-state index in [1.165, 1.54) is 38.7 Å². The number of halogens is 1. The average Bonchev–Trinajstić information content (AvgIpc) is 3.58. The molecular weight excluding hydrogens is 518 g/mol. The highest BCUT2D eigenvalue weighted by Crippen LogP contribution is 2.41. The van der Waals surface area contributed by atoms with Gasteiger partial charge in [0.15, 0.2) is 11.5 Å². The number of benzene rings is 4. The van der Waals surface area contributed by atoms with E-state index in [4.69, 9.17) is 21.1 Å². The van der Waals surface area contributed by atoms with Gasteiger partial charge in [-0.1, -0.05) is 72.3 Å². The smallest absolute Gasteiger partial charge is 0.231 e. The number of nitrogens with one attached hydrogen (secondary N) is 1. The molecule has 202 valence electrons. The molecule has 2 aliphatic heterocycles. The zero-order valence-electron chi connectivity index (χ0n) is 22.6. The van der Waals surface area contributed by atoms with Crippen molar-refractivity contribution < 1.29 is 9.47 Å². The number of H-pyrrole nitrogens is 1. The molecule has 7 rings (SSSR count). The zero-order chi connectivity index (χ0) is 27.1. The van der Waals surface area contributed by atoms with Crippen LogP contribution in [0.3, 0.4) is 0 Å². The van der Waals surface area contributed by atoms with Gasteiger partial charge in [0, 0.05) is 55.5 Å². The molecule has 4 aromatic carbocycles. The Balaban J connectivity index is 1.16. The van der Waals surface area contributed by atoms with Crippen LogP contribution in [0.2, 0.25) is 5.02 Å². The van der Waals surface area contributed by atoms with Gasteiger partial charge in [0.1, 0.15) is 0 Å². The van der Waals surface area contributed by atoms with Gasteiger partial charge in [-0.05, 0) is 64.2 Å². The first kappa shape index (κ1) is 25.2. The van der Waals surface area contributed by atoms with Crippen LogP contribution in [0.25, 0.3) is 33.2 Å². The Morgan fingerprint density at radius 1 is 0.775 bits per heavy atom. The normalized spacial score (nSPS) is 15.7. The summed E-state index contributed by atoms with van der Waals surface area (Å²) in [6.07, 6.45) is 0. The minimum Gasteiger partial charge on any atom is -0.454 e. The molecule has 0 aliphatic carbocycles. The monoisotopic (exact) mass is 549 g/mol. The third kappa shape index (κ3) is 4.86. The quantitative estimate of drug-likeness (QED) is 0.238. The summed E-state index contributed by atoms with van der Waals surface area (Å²) >= 11 is 6.25. The second kappa shape index (κ2) is 10.7. The number of aromatic nitrogens is 1. The number of ether oxygens (including phenoxy) is 2. The molecule has 1 fully saturated rings. The highest BCUT2D eigenvalue weighted by atomic mass is 35.5. The molecule has 2 aliphatic rings. The van der Waals surface area contributed by atoms with E-state index < -0.39 is 0 Å². The fraction of sp³-hybridized carbons (Fsp3) is 0.235. The van der Waals surface area contributed by atoms with Crippen molar-refractivity contribution in [1.29, 1.82) is 0 Å². The van der Waals surface area contributed by atoms with E-state index >= 15 is 0 Å². The maximum Gasteiger partial charge on any atom is 0.231 e. The van der Waals surface area contributed by atoms with Gasteiger partial charge >= 0.3 is 0 Å². The summed E-state index contributed by atoms with van der Waals surface area (Å²) < 4.78 is 11.1. The van der Waals surface area contributed by atoms with Gasteiger partial charge in [0.25, 0.3) is 0 Å². The molecule has 1 saturated heterocycles. The van der Waals surface area contributed by atoms with Gasteiger partial charge in [0.05, 0.1) is 5.69 Å². The van der Waals surface area contributed by atoms with Gasteiger partial charge in [-0.2, -0.15) is 0 Å². The molecule has 5 aromatic rings. The van der Waals surface area contributed by atoms with E-state index in [0.29, 0.717) is 6.79 Å². The number of hydrogen-bond acceptors (Lipinski definition) is 4. The number of rotatable bonds is 6. The van der Waals surface area contributed by atoms with Gasteiger partial charge in [-0.15, -0.1) is 0 Å². The molecule has 6 heteroatoms. The summed E-state index contributed by atoms with van der Waals surface area (Å²) in [6.45, 7) is 8.48. The molecule has 1 aromatic heterocycles. The van der Waals surface area contributed by atoms with Gasteiger partial charge in [0.2, 0.25) is 6.79 Å². The van der Waals surface area contributed by atoms with Crippen LogP contribution in [-0.2, 0) is 13.1 Å². The molecule has 40 heavy (non-hydrogen) atoms. The van der Waals surface area contributed by atoms with E-state index in [2.05, 4.69) is 88.4 Å².